The smallest absolute Gasteiger partial charge is 0.243 e. The number of rotatable bonds is 32. The molecule has 24 heteroatoms. The van der Waals surface area contributed by atoms with Crippen LogP contribution in [0.4, 0.5) is 0 Å². The highest BCUT2D eigenvalue weighted by atomic mass is 16.3. The molecule has 1 saturated heterocycles. The number of hydrogen-bond acceptors (Lipinski definition) is 17. The minimum absolute atomic E-state index is 0.00172. The molecule has 0 unspecified atom stereocenters. The van der Waals surface area contributed by atoms with Gasteiger partial charge >= 0.3 is 0 Å². The molecule has 0 spiro atoms. The molecule has 1 fully saturated rings. The van der Waals surface area contributed by atoms with E-state index in [0.29, 0.717) is 17.9 Å². The van der Waals surface area contributed by atoms with Gasteiger partial charge in [0.25, 0.3) is 0 Å². The molecule has 0 aliphatic carbocycles. The maximum absolute atomic E-state index is 14.7. The molecule has 24 nitrogen and oxygen atoms in total. The van der Waals surface area contributed by atoms with Crippen molar-refractivity contribution >= 4 is 64.5 Å². The van der Waals surface area contributed by atoms with E-state index in [9.17, 15) is 57.8 Å². The third-order valence-electron chi connectivity index (χ3n) is 15.8. The molecule has 486 valence electrons. The SMILES string of the molecule is CC[C@H](C)CCCCC(=O)C[C@@H](CCN)C(=O)N[C@H](C(=O)C[C@@H](CCN)C(=O)N[C@H]1CCNC(=O)[C@H](CC(C)C)NC(=O)[C@H](CCN)CC(=O)[C@H](CCN)NC(=O)[C@H](CC(C)C)NC(=O)[C@@H](Cc2ccccc2)CC(=O)[C@H](CCN)NC1=O)[C@@H](C)O. The number of aliphatic hydroxyl groups is 1. The first-order valence-electron chi connectivity index (χ1n) is 31.2. The second-order valence-electron chi connectivity index (χ2n) is 24.2. The van der Waals surface area contributed by atoms with E-state index in [-0.39, 0.29) is 134 Å². The number of nitrogens with one attached hydrogen (secondary N) is 7. The van der Waals surface area contributed by atoms with Gasteiger partial charge in [-0.2, -0.15) is 0 Å². The van der Waals surface area contributed by atoms with Crippen LogP contribution in [0, 0.1) is 41.4 Å². The Morgan fingerprint density at radius 2 is 1.10 bits per heavy atom. The van der Waals surface area contributed by atoms with E-state index in [1.165, 1.54) is 6.92 Å². The Hall–Kier alpha value is -6.05. The number of aliphatic hydroxyl groups excluding tert-OH is 1. The van der Waals surface area contributed by atoms with Crippen LogP contribution in [0.1, 0.15) is 163 Å². The molecular formula is C62H106N12O12. The molecule has 1 heterocycles. The zero-order valence-electron chi connectivity index (χ0n) is 52.3. The lowest BCUT2D eigenvalue weighted by atomic mass is 9.89. The quantitative estimate of drug-likeness (QED) is 0.0443. The van der Waals surface area contributed by atoms with E-state index in [2.05, 4.69) is 51.1 Å². The van der Waals surface area contributed by atoms with Gasteiger partial charge in [0.05, 0.1) is 18.2 Å². The van der Waals surface area contributed by atoms with Gasteiger partial charge in [0.2, 0.25) is 41.4 Å². The van der Waals surface area contributed by atoms with Gasteiger partial charge in [-0.15, -0.1) is 0 Å². The number of benzene rings is 1. The summed E-state index contributed by atoms with van der Waals surface area (Å²) >= 11 is 0. The maximum Gasteiger partial charge on any atom is 0.243 e. The number of hydrogen-bond donors (Lipinski definition) is 13. The van der Waals surface area contributed by atoms with Crippen LogP contribution in [0.15, 0.2) is 30.3 Å². The minimum Gasteiger partial charge on any atom is -0.391 e. The summed E-state index contributed by atoms with van der Waals surface area (Å²) in [6, 6.07) is 0.948. The summed E-state index contributed by atoms with van der Waals surface area (Å²) < 4.78 is 0. The van der Waals surface area contributed by atoms with Crippen LogP contribution < -0.4 is 65.9 Å². The molecule has 0 bridgehead atoms. The van der Waals surface area contributed by atoms with Crippen LogP contribution in [0.2, 0.25) is 0 Å². The van der Waals surface area contributed by atoms with Gasteiger partial charge in [-0.1, -0.05) is 91.1 Å². The molecule has 0 saturated carbocycles. The molecule has 1 aliphatic rings. The highest BCUT2D eigenvalue weighted by Gasteiger charge is 2.38. The first-order valence-corrected chi connectivity index (χ1v) is 31.2. The Morgan fingerprint density at radius 3 is 1.63 bits per heavy atom. The third kappa shape index (κ3) is 28.2. The van der Waals surface area contributed by atoms with Crippen LogP contribution in [-0.2, 0) is 59.2 Å². The van der Waals surface area contributed by atoms with Crippen LogP contribution >= 0.6 is 0 Å². The van der Waals surface area contributed by atoms with Gasteiger partial charge in [0.15, 0.2) is 17.3 Å². The van der Waals surface area contributed by atoms with E-state index < -0.39 is 138 Å². The number of ketones is 4. The second kappa shape index (κ2) is 41.2. The van der Waals surface area contributed by atoms with E-state index in [1.807, 2.05) is 27.7 Å². The zero-order valence-corrected chi connectivity index (χ0v) is 52.3. The standard InChI is InChI=1S/C62H106N12O12/c1-8-39(6)14-12-13-17-46(76)33-42(18-24-63)58(82)74-55(40(7)75)54(79)35-44(20-26-65)56(80)71-49-23-29-68-60(84)50(30-37(2)3)72-57(81)43(19-25-64)34-52(77)47(21-27-66)70-62(86)51(31-38(4)5)73-59(83)45(32-41-15-10-9-11-16-41)36-53(78)48(22-28-67)69-61(49)85/h9-11,15-16,37-40,42-45,47-51,55,75H,8,12-14,17-36,63-67H2,1-7H3,(H,68,84)(H,69,85)(H,70,86)(H,71,80)(H,72,81)(H,73,83)(H,74,82)/t39-,40+,42+,43+,44+,45-,47-,48-,49-,50-,51-,55-/m0/s1. The maximum atomic E-state index is 14.7. The highest BCUT2D eigenvalue weighted by Crippen LogP contribution is 2.21. The lowest BCUT2D eigenvalue weighted by molar-refractivity contribution is -0.137. The number of carbonyl (C=O) groups is 11. The van der Waals surface area contributed by atoms with Gasteiger partial charge in [-0.05, 0) is 127 Å². The second-order valence-corrected chi connectivity index (χ2v) is 24.2. The number of nitrogens with two attached hydrogens (primary N) is 5. The molecule has 1 aromatic carbocycles. The summed E-state index contributed by atoms with van der Waals surface area (Å²) in [5, 5.41) is 30.0. The Labute approximate surface area is 509 Å². The summed E-state index contributed by atoms with van der Waals surface area (Å²) in [7, 11) is 0. The largest absolute Gasteiger partial charge is 0.391 e. The molecular weight excluding hydrogens is 1100 g/mol. The van der Waals surface area contributed by atoms with Crippen molar-refractivity contribution in [1.29, 1.82) is 0 Å². The van der Waals surface area contributed by atoms with Crippen LogP contribution in [0.25, 0.3) is 0 Å². The van der Waals surface area contributed by atoms with Crippen molar-refractivity contribution in [3.05, 3.63) is 35.9 Å². The highest BCUT2D eigenvalue weighted by molar-refractivity contribution is 5.99. The van der Waals surface area contributed by atoms with Crippen LogP contribution in [0.3, 0.4) is 0 Å². The van der Waals surface area contributed by atoms with E-state index in [0.717, 1.165) is 19.3 Å². The lowest BCUT2D eigenvalue weighted by Crippen LogP contribution is -2.55. The zero-order chi connectivity index (χ0) is 64.5. The summed E-state index contributed by atoms with van der Waals surface area (Å²) in [5.41, 5.74) is 30.5. The van der Waals surface area contributed by atoms with E-state index >= 15 is 0 Å². The predicted molar refractivity (Wildman–Crippen MR) is 329 cm³/mol. The number of amides is 7. The molecule has 1 aromatic rings. The summed E-state index contributed by atoms with van der Waals surface area (Å²) in [4.78, 5) is 156. The van der Waals surface area contributed by atoms with Gasteiger partial charge < -0.3 is 71.0 Å². The van der Waals surface area contributed by atoms with Crippen molar-refractivity contribution in [3.63, 3.8) is 0 Å². The molecule has 86 heavy (non-hydrogen) atoms. The van der Waals surface area contributed by atoms with E-state index in [4.69, 9.17) is 28.7 Å². The summed E-state index contributed by atoms with van der Waals surface area (Å²) in [6.45, 7) is 12.4. The van der Waals surface area contributed by atoms with E-state index in [1.54, 1.807) is 30.3 Å². The van der Waals surface area contributed by atoms with Crippen molar-refractivity contribution < 1.29 is 57.8 Å². The van der Waals surface area contributed by atoms with Crippen LogP contribution in [0.5, 0.6) is 0 Å². The molecule has 0 radical (unpaired) electrons. The first-order chi connectivity index (χ1) is 40.8. The molecule has 18 N–H and O–H groups in total. The summed E-state index contributed by atoms with van der Waals surface area (Å²) in [5.74, 6) is -11.2. The minimum atomic E-state index is -1.53. The fraction of sp³-hybridized carbons (Fsp3) is 0.726. The molecule has 12 atom stereocenters. The number of unbranched alkanes of at least 4 members (excludes halogenated alkanes) is 1. The predicted octanol–water partition coefficient (Wildman–Crippen LogP) is 0.783. The Bertz CT molecular complexity index is 2320. The average Bonchev–Trinajstić information content (AvgIpc) is 3.67. The van der Waals surface area contributed by atoms with Crippen molar-refractivity contribution in [3.8, 4) is 0 Å². The van der Waals surface area contributed by atoms with Gasteiger partial charge in [0, 0.05) is 62.3 Å². The Balaban J connectivity index is 2.69. The van der Waals surface area contributed by atoms with Gasteiger partial charge in [-0.3, -0.25) is 52.7 Å². The molecule has 7 amide bonds. The fourth-order valence-electron chi connectivity index (χ4n) is 10.5. The molecule has 0 aromatic heterocycles. The fourth-order valence-corrected chi connectivity index (χ4v) is 10.5. The summed E-state index contributed by atoms with van der Waals surface area (Å²) in [6.07, 6.45) is 0.763. The van der Waals surface area contributed by atoms with Crippen molar-refractivity contribution in [1.82, 2.24) is 37.2 Å². The Morgan fingerprint density at radius 1 is 0.593 bits per heavy atom. The van der Waals surface area contributed by atoms with Crippen molar-refractivity contribution in [2.75, 3.05) is 39.3 Å². The monoisotopic (exact) mass is 1210 g/mol. The van der Waals surface area contributed by atoms with Gasteiger partial charge in [0.1, 0.15) is 30.0 Å². The van der Waals surface area contributed by atoms with Gasteiger partial charge in [-0.25, -0.2) is 0 Å². The van der Waals surface area contributed by atoms with Crippen molar-refractivity contribution in [2.45, 2.75) is 206 Å². The van der Waals surface area contributed by atoms with Crippen LogP contribution in [-0.4, -0.2) is 151 Å². The van der Waals surface area contributed by atoms with Crippen molar-refractivity contribution in [2.24, 2.45) is 70.1 Å². The number of Topliss-reactive ketones (excluding diaryl/α,β-unsaturated/α-hetero) is 4. The normalized spacial score (nSPS) is 22.7. The third-order valence-corrected chi connectivity index (χ3v) is 15.8. The molecule has 1 aliphatic heterocycles. The lowest BCUT2D eigenvalue weighted by Gasteiger charge is -2.28. The molecule has 2 rings (SSSR count). The number of carbonyl (C=O) groups excluding carboxylic acids is 11. The Kier molecular flexibility index (Phi) is 36.4. The topological polar surface area (TPSA) is 422 Å². The first kappa shape index (κ1) is 76.0. The average molecular weight is 1210 g/mol.